The van der Waals surface area contributed by atoms with Gasteiger partial charge in [-0.1, -0.05) is 11.8 Å². The van der Waals surface area contributed by atoms with E-state index in [1.54, 1.807) is 26.8 Å². The number of hydrogen-bond donors (Lipinski definition) is 1. The van der Waals surface area contributed by atoms with E-state index in [4.69, 9.17) is 14.2 Å². The van der Waals surface area contributed by atoms with Gasteiger partial charge in [-0.25, -0.2) is 9.18 Å². The van der Waals surface area contributed by atoms with E-state index in [0.29, 0.717) is 18.7 Å². The van der Waals surface area contributed by atoms with Crippen molar-refractivity contribution in [1.29, 1.82) is 0 Å². The van der Waals surface area contributed by atoms with Gasteiger partial charge in [0.1, 0.15) is 17.2 Å². The first kappa shape index (κ1) is 18.8. The van der Waals surface area contributed by atoms with Gasteiger partial charge in [0.05, 0.1) is 5.56 Å². The molecule has 0 bridgehead atoms. The maximum absolute atomic E-state index is 13.8. The molecule has 1 amide bonds. The highest BCUT2D eigenvalue weighted by atomic mass is 19.1. The number of carbonyl (C=O) groups excluding carboxylic acids is 1. The first-order valence-corrected chi connectivity index (χ1v) is 7.19. The lowest BCUT2D eigenvalue weighted by Crippen LogP contribution is -2.32. The average Bonchev–Trinajstić information content (AvgIpc) is 2.44. The molecule has 0 aromatic heterocycles. The summed E-state index contributed by atoms with van der Waals surface area (Å²) >= 11 is 0. The Morgan fingerprint density at radius 3 is 2.70 bits per heavy atom. The molecule has 6 heteroatoms. The molecule has 0 unspecified atom stereocenters. The van der Waals surface area contributed by atoms with Crippen LogP contribution in [0.1, 0.15) is 32.8 Å². The summed E-state index contributed by atoms with van der Waals surface area (Å²) in [7, 11) is 1.49. The van der Waals surface area contributed by atoms with E-state index in [1.807, 2.05) is 0 Å². The third kappa shape index (κ3) is 8.07. The van der Waals surface area contributed by atoms with Crippen LogP contribution >= 0.6 is 0 Å². The Morgan fingerprint density at radius 1 is 1.35 bits per heavy atom. The van der Waals surface area contributed by atoms with Crippen LogP contribution in [0.15, 0.2) is 18.2 Å². The summed E-state index contributed by atoms with van der Waals surface area (Å²) in [5.41, 5.74) is -0.266. The van der Waals surface area contributed by atoms with Crippen molar-refractivity contribution >= 4 is 6.09 Å². The first-order chi connectivity index (χ1) is 10.8. The minimum atomic E-state index is -0.536. The Hall–Kier alpha value is -2.26. The van der Waals surface area contributed by atoms with Gasteiger partial charge in [0.2, 0.25) is 0 Å². The van der Waals surface area contributed by atoms with Crippen LogP contribution in [-0.4, -0.2) is 32.1 Å². The van der Waals surface area contributed by atoms with E-state index in [1.165, 1.54) is 19.2 Å². The van der Waals surface area contributed by atoms with Crippen molar-refractivity contribution in [3.8, 4) is 17.6 Å². The molecule has 0 aliphatic carbocycles. The van der Waals surface area contributed by atoms with Crippen molar-refractivity contribution in [2.45, 2.75) is 32.8 Å². The maximum atomic E-state index is 13.8. The first-order valence-electron chi connectivity index (χ1n) is 7.19. The number of alkyl carbamates (subject to hydrolysis) is 1. The minimum absolute atomic E-state index is 0.0563. The number of nitrogens with one attached hydrogen (secondary N) is 1. The molecule has 1 rings (SSSR count). The maximum Gasteiger partial charge on any atom is 0.407 e. The third-order valence-corrected chi connectivity index (χ3v) is 2.43. The molecular formula is C17H22FNO4. The lowest BCUT2D eigenvalue weighted by atomic mass is 10.2. The van der Waals surface area contributed by atoms with E-state index in [2.05, 4.69) is 17.2 Å². The quantitative estimate of drug-likeness (QED) is 0.514. The number of methoxy groups -OCH3 is 1. The molecule has 0 saturated heterocycles. The van der Waals surface area contributed by atoms with E-state index in [-0.39, 0.29) is 12.4 Å². The Morgan fingerprint density at radius 2 is 2.09 bits per heavy atom. The fraction of sp³-hybridized carbons (Fsp3) is 0.471. The normalized spacial score (nSPS) is 10.5. The number of hydrogen-bond acceptors (Lipinski definition) is 4. The van der Waals surface area contributed by atoms with Crippen molar-refractivity contribution in [3.63, 3.8) is 0 Å². The zero-order chi connectivity index (χ0) is 17.3. The molecule has 0 spiro atoms. The number of amides is 1. The number of halogens is 1. The molecule has 126 valence electrons. The van der Waals surface area contributed by atoms with Gasteiger partial charge in [-0.15, -0.1) is 0 Å². The summed E-state index contributed by atoms with van der Waals surface area (Å²) in [6.07, 6.45) is -0.106. The zero-order valence-electron chi connectivity index (χ0n) is 13.9. The lowest BCUT2D eigenvalue weighted by molar-refractivity contribution is 0.0508. The van der Waals surface area contributed by atoms with E-state index in [0.717, 1.165) is 0 Å². The number of rotatable bonds is 5. The van der Waals surface area contributed by atoms with Crippen LogP contribution in [0.2, 0.25) is 0 Å². The number of carbonyl (C=O) groups is 1. The molecule has 23 heavy (non-hydrogen) atoms. The number of ether oxygens (including phenoxy) is 3. The molecule has 5 nitrogen and oxygen atoms in total. The monoisotopic (exact) mass is 323 g/mol. The van der Waals surface area contributed by atoms with Crippen LogP contribution in [0.25, 0.3) is 0 Å². The summed E-state index contributed by atoms with van der Waals surface area (Å²) in [5, 5.41) is 2.58. The molecule has 0 heterocycles. The van der Waals surface area contributed by atoms with E-state index < -0.39 is 17.5 Å². The van der Waals surface area contributed by atoms with Gasteiger partial charge in [-0.2, -0.15) is 0 Å². The fourth-order valence-electron chi connectivity index (χ4n) is 1.51. The van der Waals surface area contributed by atoms with Crippen LogP contribution in [0.5, 0.6) is 5.75 Å². The van der Waals surface area contributed by atoms with E-state index >= 15 is 0 Å². The summed E-state index contributed by atoms with van der Waals surface area (Å²) in [4.78, 5) is 11.4. The van der Waals surface area contributed by atoms with Crippen molar-refractivity contribution < 1.29 is 23.4 Å². The van der Waals surface area contributed by atoms with Crippen molar-refractivity contribution in [2.75, 3.05) is 20.4 Å². The van der Waals surface area contributed by atoms with Crippen molar-refractivity contribution in [3.05, 3.63) is 29.6 Å². The van der Waals surface area contributed by atoms with Gasteiger partial charge in [0.15, 0.2) is 6.79 Å². The highest BCUT2D eigenvalue weighted by molar-refractivity contribution is 5.67. The van der Waals surface area contributed by atoms with Gasteiger partial charge in [0.25, 0.3) is 0 Å². The number of benzene rings is 1. The molecule has 0 atom stereocenters. The predicted octanol–water partition coefficient (Wildman–Crippen LogP) is 3.07. The highest BCUT2D eigenvalue weighted by Crippen LogP contribution is 2.16. The highest BCUT2D eigenvalue weighted by Gasteiger charge is 2.15. The van der Waals surface area contributed by atoms with Crippen molar-refractivity contribution in [2.24, 2.45) is 0 Å². The third-order valence-electron chi connectivity index (χ3n) is 2.43. The molecule has 0 aliphatic rings. The van der Waals surface area contributed by atoms with Gasteiger partial charge >= 0.3 is 6.09 Å². The summed E-state index contributed by atoms with van der Waals surface area (Å²) in [5.74, 6) is 5.42. The smallest absolute Gasteiger partial charge is 0.407 e. The Bertz CT molecular complexity index is 584. The minimum Gasteiger partial charge on any atom is -0.467 e. The molecule has 1 aromatic carbocycles. The largest absolute Gasteiger partial charge is 0.467 e. The predicted molar refractivity (Wildman–Crippen MR) is 84.6 cm³/mol. The van der Waals surface area contributed by atoms with Gasteiger partial charge in [0, 0.05) is 26.1 Å². The van der Waals surface area contributed by atoms with Crippen LogP contribution in [0, 0.1) is 17.7 Å². The average molecular weight is 323 g/mol. The second-order valence-corrected chi connectivity index (χ2v) is 5.67. The van der Waals surface area contributed by atoms with E-state index in [9.17, 15) is 9.18 Å². The van der Waals surface area contributed by atoms with Crippen LogP contribution in [0.4, 0.5) is 9.18 Å². The van der Waals surface area contributed by atoms with Gasteiger partial charge in [-0.05, 0) is 32.9 Å². The summed E-state index contributed by atoms with van der Waals surface area (Å²) in [6.45, 7) is 5.75. The van der Waals surface area contributed by atoms with Crippen LogP contribution in [0.3, 0.4) is 0 Å². The Kier molecular flexibility index (Phi) is 7.36. The lowest BCUT2D eigenvalue weighted by Gasteiger charge is -2.19. The molecule has 0 fully saturated rings. The summed E-state index contributed by atoms with van der Waals surface area (Å²) in [6, 6.07) is 4.40. The molecular weight excluding hydrogens is 301 g/mol. The molecule has 1 aromatic rings. The zero-order valence-corrected chi connectivity index (χ0v) is 13.9. The second-order valence-electron chi connectivity index (χ2n) is 5.67. The SMILES string of the molecule is COCOc1ccc(C#CCCNC(=O)OC(C)(C)C)c(F)c1. The second kappa shape index (κ2) is 9.01. The van der Waals surface area contributed by atoms with Crippen molar-refractivity contribution in [1.82, 2.24) is 5.32 Å². The topological polar surface area (TPSA) is 56.8 Å². The molecule has 0 radical (unpaired) electrons. The molecule has 1 N–H and O–H groups in total. The molecule has 0 aliphatic heterocycles. The Balaban J connectivity index is 2.43. The van der Waals surface area contributed by atoms with Crippen LogP contribution in [-0.2, 0) is 9.47 Å². The fourth-order valence-corrected chi connectivity index (χ4v) is 1.51. The standard InChI is InChI=1S/C17H22FNO4/c1-17(2,3)23-16(20)19-10-6-5-7-13-8-9-14(11-15(13)18)22-12-21-4/h8-9,11H,6,10,12H2,1-4H3,(H,19,20). The van der Waals surface area contributed by atoms with Gasteiger partial charge in [-0.3, -0.25) is 0 Å². The van der Waals surface area contributed by atoms with Gasteiger partial charge < -0.3 is 19.5 Å². The Labute approximate surface area is 136 Å². The van der Waals surface area contributed by atoms with Crippen LogP contribution < -0.4 is 10.1 Å². The molecule has 0 saturated carbocycles. The summed E-state index contributed by atoms with van der Waals surface area (Å²) < 4.78 is 28.7.